The maximum atomic E-state index is 13.8. The zero-order valence-electron chi connectivity index (χ0n) is 20.5. The Labute approximate surface area is 213 Å². The fourth-order valence-electron chi connectivity index (χ4n) is 4.25. The topological polar surface area (TPSA) is 107 Å². The van der Waals surface area contributed by atoms with E-state index in [9.17, 15) is 4.79 Å². The lowest BCUT2D eigenvalue weighted by molar-refractivity contribution is -0.0354. The molecule has 2 N–H and O–H groups in total. The second-order valence-electron chi connectivity index (χ2n) is 8.94. The first-order valence-corrected chi connectivity index (χ1v) is 12.4. The average molecular weight is 506 g/mol. The number of hydrogen-bond acceptors (Lipinski definition) is 8. The molecule has 5 rings (SSSR count). The highest BCUT2D eigenvalue weighted by Gasteiger charge is 2.22. The van der Waals surface area contributed by atoms with Gasteiger partial charge in [-0.1, -0.05) is 23.7 Å². The summed E-state index contributed by atoms with van der Waals surface area (Å²) in [5.74, 6) is 0.476. The Kier molecular flexibility index (Phi) is 6.95. The van der Waals surface area contributed by atoms with Gasteiger partial charge in [-0.3, -0.25) is 14.3 Å². The summed E-state index contributed by atoms with van der Waals surface area (Å²) in [5.41, 5.74) is 3.85. The van der Waals surface area contributed by atoms with Gasteiger partial charge in [0, 0.05) is 59.1 Å². The summed E-state index contributed by atoms with van der Waals surface area (Å²) in [5, 5.41) is 7.52. The van der Waals surface area contributed by atoms with Crippen LogP contribution in [-0.4, -0.2) is 56.3 Å². The molecule has 0 amide bonds. The van der Waals surface area contributed by atoms with Crippen LogP contribution in [0.5, 0.6) is 0 Å². The van der Waals surface area contributed by atoms with Gasteiger partial charge in [0.05, 0.1) is 36.3 Å². The quantitative estimate of drug-likeness (QED) is 0.373. The van der Waals surface area contributed by atoms with Crippen molar-refractivity contribution in [3.8, 4) is 22.4 Å². The third-order valence-corrected chi connectivity index (χ3v) is 6.39. The predicted molar refractivity (Wildman–Crippen MR) is 141 cm³/mol. The first-order chi connectivity index (χ1) is 17.4. The van der Waals surface area contributed by atoms with Gasteiger partial charge in [-0.2, -0.15) is 4.98 Å². The molecule has 1 aliphatic heterocycles. The number of aromatic nitrogens is 5. The van der Waals surface area contributed by atoms with E-state index >= 15 is 0 Å². The van der Waals surface area contributed by atoms with E-state index in [2.05, 4.69) is 30.6 Å². The second-order valence-corrected chi connectivity index (χ2v) is 9.35. The molecule has 0 aliphatic carbocycles. The largest absolute Gasteiger partial charge is 0.371 e. The van der Waals surface area contributed by atoms with Gasteiger partial charge in [-0.25, -0.2) is 9.97 Å². The van der Waals surface area contributed by atoms with Crippen molar-refractivity contribution < 1.29 is 4.74 Å². The van der Waals surface area contributed by atoms with E-state index in [0.29, 0.717) is 40.8 Å². The minimum Gasteiger partial charge on any atom is -0.371 e. The molecule has 186 valence electrons. The number of fused-ring (bicyclic) bond motifs is 1. The number of nitrogens with one attached hydrogen (secondary N) is 2. The Balaban J connectivity index is 1.59. The SMILES string of the molecule is CCNc1ncc2cc(-c3ccc(-c4cncc(C)n4)cc3Cl)c(=O)n(CC(C)OC3CNC3)c2n1. The van der Waals surface area contributed by atoms with Crippen molar-refractivity contribution in [2.45, 2.75) is 39.5 Å². The summed E-state index contributed by atoms with van der Waals surface area (Å²) >= 11 is 6.73. The Hall–Kier alpha value is -3.40. The number of halogens is 1. The zero-order valence-corrected chi connectivity index (χ0v) is 21.2. The molecule has 0 saturated carbocycles. The molecule has 1 aliphatic rings. The number of nitrogens with zero attached hydrogens (tertiary/aromatic N) is 5. The molecule has 1 fully saturated rings. The number of anilines is 1. The fraction of sp³-hybridized carbons (Fsp3) is 0.346. The van der Waals surface area contributed by atoms with Crippen LogP contribution >= 0.6 is 11.6 Å². The van der Waals surface area contributed by atoms with Gasteiger partial charge in [-0.15, -0.1) is 0 Å². The summed E-state index contributed by atoms with van der Waals surface area (Å²) in [6.07, 6.45) is 5.10. The van der Waals surface area contributed by atoms with Crippen LogP contribution in [0.3, 0.4) is 0 Å². The van der Waals surface area contributed by atoms with E-state index in [1.54, 1.807) is 29.2 Å². The van der Waals surface area contributed by atoms with Gasteiger partial charge in [0.1, 0.15) is 5.65 Å². The normalized spacial score (nSPS) is 14.6. The highest BCUT2D eigenvalue weighted by atomic mass is 35.5. The highest BCUT2D eigenvalue weighted by Crippen LogP contribution is 2.31. The van der Waals surface area contributed by atoms with Gasteiger partial charge < -0.3 is 15.4 Å². The van der Waals surface area contributed by atoms with Gasteiger partial charge in [0.25, 0.3) is 5.56 Å². The smallest absolute Gasteiger partial charge is 0.260 e. The van der Waals surface area contributed by atoms with Crippen LogP contribution < -0.4 is 16.2 Å². The van der Waals surface area contributed by atoms with Crippen molar-refractivity contribution >= 4 is 28.6 Å². The van der Waals surface area contributed by atoms with Crippen molar-refractivity contribution in [2.24, 2.45) is 0 Å². The van der Waals surface area contributed by atoms with E-state index in [1.165, 1.54) is 0 Å². The molecule has 4 heterocycles. The van der Waals surface area contributed by atoms with Crippen LogP contribution in [0.15, 0.2) is 47.7 Å². The Bertz CT molecular complexity index is 1470. The minimum atomic E-state index is -0.184. The van der Waals surface area contributed by atoms with Crippen LogP contribution in [0.25, 0.3) is 33.4 Å². The predicted octanol–water partition coefficient (Wildman–Crippen LogP) is 3.69. The molecule has 0 radical (unpaired) electrons. The summed E-state index contributed by atoms with van der Waals surface area (Å²) in [4.78, 5) is 31.6. The van der Waals surface area contributed by atoms with Crippen LogP contribution in [0.2, 0.25) is 5.02 Å². The standard InChI is InChI=1S/C26H28ClN7O2/c1-4-30-26-31-10-18-7-21(20-6-5-17(8-22(20)27)23-13-28-9-15(2)32-23)25(35)34(24(18)33-26)14-16(3)36-19-11-29-12-19/h5-10,13,16,19,29H,4,11-12,14H2,1-3H3,(H,30,31,33). The van der Waals surface area contributed by atoms with E-state index in [0.717, 1.165) is 35.4 Å². The lowest BCUT2D eigenvalue weighted by Gasteiger charge is -2.30. The average Bonchev–Trinajstić information content (AvgIpc) is 2.83. The molecule has 1 atom stereocenters. The van der Waals surface area contributed by atoms with Crippen LogP contribution in [0, 0.1) is 6.92 Å². The van der Waals surface area contributed by atoms with Crippen LogP contribution in [-0.2, 0) is 11.3 Å². The van der Waals surface area contributed by atoms with Crippen molar-refractivity contribution in [3.63, 3.8) is 0 Å². The van der Waals surface area contributed by atoms with Gasteiger partial charge in [-0.05, 0) is 32.9 Å². The zero-order chi connectivity index (χ0) is 25.2. The molecular formula is C26H28ClN7O2. The van der Waals surface area contributed by atoms with Crippen molar-refractivity contribution in [1.29, 1.82) is 0 Å². The monoisotopic (exact) mass is 505 g/mol. The maximum absolute atomic E-state index is 13.8. The van der Waals surface area contributed by atoms with E-state index in [4.69, 9.17) is 16.3 Å². The van der Waals surface area contributed by atoms with Crippen molar-refractivity contribution in [1.82, 2.24) is 29.8 Å². The summed E-state index contributed by atoms with van der Waals surface area (Å²) < 4.78 is 7.76. The molecule has 0 spiro atoms. The summed E-state index contributed by atoms with van der Waals surface area (Å²) in [7, 11) is 0. The van der Waals surface area contributed by atoms with Gasteiger partial charge in [0.15, 0.2) is 0 Å². The van der Waals surface area contributed by atoms with E-state index in [-0.39, 0.29) is 17.8 Å². The molecule has 1 saturated heterocycles. The van der Waals surface area contributed by atoms with Crippen molar-refractivity contribution in [2.75, 3.05) is 25.0 Å². The number of aryl methyl sites for hydroxylation is 1. The van der Waals surface area contributed by atoms with E-state index in [1.807, 2.05) is 39.0 Å². The molecule has 4 aromatic rings. The maximum Gasteiger partial charge on any atom is 0.260 e. The second kappa shape index (κ2) is 10.3. The Morgan fingerprint density at radius 3 is 2.72 bits per heavy atom. The van der Waals surface area contributed by atoms with Crippen LogP contribution in [0.1, 0.15) is 19.5 Å². The number of rotatable bonds is 8. The highest BCUT2D eigenvalue weighted by molar-refractivity contribution is 6.33. The molecule has 10 heteroatoms. The van der Waals surface area contributed by atoms with Gasteiger partial charge in [0.2, 0.25) is 5.95 Å². The fourth-order valence-corrected chi connectivity index (χ4v) is 4.53. The number of pyridine rings is 1. The summed E-state index contributed by atoms with van der Waals surface area (Å²) in [6.45, 7) is 8.51. The Morgan fingerprint density at radius 2 is 2.03 bits per heavy atom. The molecule has 1 unspecified atom stereocenters. The minimum absolute atomic E-state index is 0.156. The van der Waals surface area contributed by atoms with Gasteiger partial charge >= 0.3 is 0 Å². The lowest BCUT2D eigenvalue weighted by atomic mass is 10.0. The van der Waals surface area contributed by atoms with Crippen LogP contribution in [0.4, 0.5) is 5.95 Å². The molecule has 1 aromatic carbocycles. The number of benzene rings is 1. The first-order valence-electron chi connectivity index (χ1n) is 12.0. The first kappa shape index (κ1) is 24.3. The molecule has 36 heavy (non-hydrogen) atoms. The molecular weight excluding hydrogens is 478 g/mol. The third kappa shape index (κ3) is 4.95. The summed E-state index contributed by atoms with van der Waals surface area (Å²) in [6, 6.07) is 7.37. The number of ether oxygens (including phenoxy) is 1. The molecule has 9 nitrogen and oxygen atoms in total. The molecule has 0 bridgehead atoms. The lowest BCUT2D eigenvalue weighted by Crippen LogP contribution is -2.50. The van der Waals surface area contributed by atoms with Crippen molar-refractivity contribution in [3.05, 3.63) is 63.9 Å². The molecule has 3 aromatic heterocycles. The third-order valence-electron chi connectivity index (χ3n) is 6.08. The Morgan fingerprint density at radius 1 is 1.19 bits per heavy atom. The van der Waals surface area contributed by atoms with E-state index < -0.39 is 0 Å². The number of hydrogen-bond donors (Lipinski definition) is 2.